The quantitative estimate of drug-likeness (QED) is 0.769. The number of carbonyl (C=O) groups is 1. The molecule has 90 valence electrons. The minimum Gasteiger partial charge on any atom is -0.384 e. The fourth-order valence-corrected chi connectivity index (χ4v) is 1.83. The number of nitrogens with two attached hydrogens (primary N) is 1. The summed E-state index contributed by atoms with van der Waals surface area (Å²) in [5, 5.41) is 5.12. The fraction of sp³-hybridized carbons (Fsp3) is 0.600. The van der Waals surface area contributed by atoms with E-state index < -0.39 is 0 Å². The van der Waals surface area contributed by atoms with E-state index in [2.05, 4.69) is 10.3 Å². The van der Waals surface area contributed by atoms with E-state index in [-0.39, 0.29) is 12.3 Å². The maximum atomic E-state index is 11.5. The first-order chi connectivity index (χ1) is 7.61. The van der Waals surface area contributed by atoms with E-state index in [0.29, 0.717) is 24.2 Å². The van der Waals surface area contributed by atoms with Crippen LogP contribution in [0, 0.1) is 5.92 Å². The van der Waals surface area contributed by atoms with Gasteiger partial charge in [-0.1, -0.05) is 6.92 Å². The molecule has 0 bridgehead atoms. The number of amides is 1. The average Bonchev–Trinajstić information content (AvgIpc) is 2.61. The minimum absolute atomic E-state index is 0.0340. The smallest absolute Gasteiger partial charge is 0.226 e. The van der Waals surface area contributed by atoms with Crippen molar-refractivity contribution in [2.75, 3.05) is 26.0 Å². The monoisotopic (exact) mass is 243 g/mol. The molecule has 1 aromatic rings. The van der Waals surface area contributed by atoms with Gasteiger partial charge in [-0.25, -0.2) is 4.98 Å². The Morgan fingerprint density at radius 2 is 2.50 bits per heavy atom. The Kier molecular flexibility index (Phi) is 5.21. The minimum atomic E-state index is -0.0340. The summed E-state index contributed by atoms with van der Waals surface area (Å²) in [4.78, 5) is 15.5. The maximum absolute atomic E-state index is 11.5. The highest BCUT2D eigenvalue weighted by atomic mass is 32.1. The van der Waals surface area contributed by atoms with Crippen molar-refractivity contribution in [2.24, 2.45) is 5.92 Å². The Morgan fingerprint density at radius 3 is 3.06 bits per heavy atom. The highest BCUT2D eigenvalue weighted by Crippen LogP contribution is 2.11. The van der Waals surface area contributed by atoms with Gasteiger partial charge in [0.2, 0.25) is 5.91 Å². The van der Waals surface area contributed by atoms with E-state index in [1.807, 2.05) is 6.92 Å². The maximum Gasteiger partial charge on any atom is 0.226 e. The number of nitrogen functional groups attached to an aromatic ring is 1. The average molecular weight is 243 g/mol. The second-order valence-electron chi connectivity index (χ2n) is 3.72. The van der Waals surface area contributed by atoms with Crippen LogP contribution in [0.5, 0.6) is 0 Å². The first-order valence-corrected chi connectivity index (χ1v) is 5.95. The summed E-state index contributed by atoms with van der Waals surface area (Å²) in [6.45, 7) is 3.28. The Labute approximate surface area is 99.0 Å². The third kappa shape index (κ3) is 4.59. The summed E-state index contributed by atoms with van der Waals surface area (Å²) in [5.74, 6) is 0.280. The summed E-state index contributed by atoms with van der Waals surface area (Å²) in [6.07, 6.45) is 0.285. The van der Waals surface area contributed by atoms with Crippen LogP contribution in [-0.4, -0.2) is 31.2 Å². The van der Waals surface area contributed by atoms with Gasteiger partial charge in [0.25, 0.3) is 0 Å². The lowest BCUT2D eigenvalue weighted by Crippen LogP contribution is -2.31. The van der Waals surface area contributed by atoms with E-state index in [9.17, 15) is 4.79 Å². The van der Waals surface area contributed by atoms with Crippen molar-refractivity contribution in [3.8, 4) is 0 Å². The van der Waals surface area contributed by atoms with Crippen molar-refractivity contribution < 1.29 is 9.53 Å². The lowest BCUT2D eigenvalue weighted by molar-refractivity contribution is -0.120. The number of nitrogens with zero attached hydrogens (tertiary/aromatic N) is 1. The summed E-state index contributed by atoms with van der Waals surface area (Å²) in [7, 11) is 1.65. The number of anilines is 1. The predicted octanol–water partition coefficient (Wildman–Crippen LogP) is 0.666. The summed E-state index contributed by atoms with van der Waals surface area (Å²) < 4.78 is 4.98. The highest BCUT2D eigenvalue weighted by molar-refractivity contribution is 7.13. The van der Waals surface area contributed by atoms with Gasteiger partial charge >= 0.3 is 0 Å². The molecule has 0 aromatic carbocycles. The van der Waals surface area contributed by atoms with Crippen LogP contribution in [0.25, 0.3) is 0 Å². The van der Waals surface area contributed by atoms with Gasteiger partial charge in [-0.2, -0.15) is 0 Å². The molecule has 1 heterocycles. The molecule has 1 rings (SSSR count). The number of hydrogen-bond acceptors (Lipinski definition) is 5. The molecular formula is C10H17N3O2S. The molecule has 0 aliphatic carbocycles. The van der Waals surface area contributed by atoms with Crippen LogP contribution in [0.1, 0.15) is 12.6 Å². The standard InChI is InChI=1S/C10H17N3O2S/c1-7(5-15-2)4-12-9(14)3-8-6-16-10(11)13-8/h6-7H,3-5H2,1-2H3,(H2,11,13)(H,12,14). The number of nitrogens with one attached hydrogen (secondary N) is 1. The molecule has 0 spiro atoms. The second-order valence-corrected chi connectivity index (χ2v) is 4.61. The van der Waals surface area contributed by atoms with Gasteiger partial charge in [-0.05, 0) is 5.92 Å². The molecule has 1 amide bonds. The van der Waals surface area contributed by atoms with Gasteiger partial charge in [0.1, 0.15) is 0 Å². The first kappa shape index (κ1) is 12.9. The van der Waals surface area contributed by atoms with E-state index in [1.165, 1.54) is 11.3 Å². The molecule has 3 N–H and O–H groups in total. The number of aromatic nitrogens is 1. The van der Waals surface area contributed by atoms with Crippen molar-refractivity contribution in [1.82, 2.24) is 10.3 Å². The van der Waals surface area contributed by atoms with Crippen LogP contribution in [-0.2, 0) is 16.0 Å². The molecule has 0 aliphatic rings. The molecule has 0 saturated carbocycles. The number of methoxy groups -OCH3 is 1. The molecule has 0 aliphatic heterocycles. The molecular weight excluding hydrogens is 226 g/mol. The van der Waals surface area contributed by atoms with E-state index >= 15 is 0 Å². The zero-order valence-corrected chi connectivity index (χ0v) is 10.3. The van der Waals surface area contributed by atoms with E-state index in [4.69, 9.17) is 10.5 Å². The molecule has 16 heavy (non-hydrogen) atoms. The summed E-state index contributed by atoms with van der Waals surface area (Å²) >= 11 is 1.35. The molecule has 6 heteroatoms. The van der Waals surface area contributed by atoms with Gasteiger partial charge < -0.3 is 15.8 Å². The van der Waals surface area contributed by atoms with Crippen molar-refractivity contribution in [2.45, 2.75) is 13.3 Å². The highest BCUT2D eigenvalue weighted by Gasteiger charge is 2.08. The molecule has 5 nitrogen and oxygen atoms in total. The van der Waals surface area contributed by atoms with Crippen LogP contribution in [0.3, 0.4) is 0 Å². The van der Waals surface area contributed by atoms with Crippen molar-refractivity contribution in [1.29, 1.82) is 0 Å². The van der Waals surface area contributed by atoms with Crippen LogP contribution in [0.4, 0.5) is 5.13 Å². The third-order valence-electron chi connectivity index (χ3n) is 2.01. The van der Waals surface area contributed by atoms with Gasteiger partial charge in [-0.3, -0.25) is 4.79 Å². The van der Waals surface area contributed by atoms with E-state index in [1.54, 1.807) is 12.5 Å². The lowest BCUT2D eigenvalue weighted by atomic mass is 10.2. The molecule has 1 atom stereocenters. The van der Waals surface area contributed by atoms with Gasteiger partial charge in [0.05, 0.1) is 18.7 Å². The molecule has 1 unspecified atom stereocenters. The van der Waals surface area contributed by atoms with Gasteiger partial charge in [0, 0.05) is 19.0 Å². The van der Waals surface area contributed by atoms with Gasteiger partial charge in [0.15, 0.2) is 5.13 Å². The lowest BCUT2D eigenvalue weighted by Gasteiger charge is -2.10. The second kappa shape index (κ2) is 6.44. The zero-order valence-electron chi connectivity index (χ0n) is 9.53. The summed E-state index contributed by atoms with van der Waals surface area (Å²) in [5.41, 5.74) is 6.20. The fourth-order valence-electron chi connectivity index (χ4n) is 1.26. The van der Waals surface area contributed by atoms with Crippen molar-refractivity contribution in [3.05, 3.63) is 11.1 Å². The Hall–Kier alpha value is -1.14. The van der Waals surface area contributed by atoms with Crippen molar-refractivity contribution in [3.63, 3.8) is 0 Å². The number of thiazole rings is 1. The van der Waals surface area contributed by atoms with Crippen LogP contribution < -0.4 is 11.1 Å². The topological polar surface area (TPSA) is 77.2 Å². The zero-order chi connectivity index (χ0) is 12.0. The number of rotatable bonds is 6. The molecule has 1 aromatic heterocycles. The third-order valence-corrected chi connectivity index (χ3v) is 2.73. The van der Waals surface area contributed by atoms with Crippen LogP contribution >= 0.6 is 11.3 Å². The molecule has 0 saturated heterocycles. The SMILES string of the molecule is COCC(C)CNC(=O)Cc1csc(N)n1. The number of carbonyl (C=O) groups excluding carboxylic acids is 1. The number of hydrogen-bond donors (Lipinski definition) is 2. The van der Waals surface area contributed by atoms with Crippen LogP contribution in [0.15, 0.2) is 5.38 Å². The first-order valence-electron chi connectivity index (χ1n) is 5.07. The Balaban J connectivity index is 2.26. The van der Waals surface area contributed by atoms with Gasteiger partial charge in [-0.15, -0.1) is 11.3 Å². The normalized spacial score (nSPS) is 12.4. The summed E-state index contributed by atoms with van der Waals surface area (Å²) in [6, 6.07) is 0. The Morgan fingerprint density at radius 1 is 1.75 bits per heavy atom. The Bertz CT molecular complexity index is 341. The molecule has 0 fully saturated rings. The van der Waals surface area contributed by atoms with Crippen LogP contribution in [0.2, 0.25) is 0 Å². The number of ether oxygens (including phenoxy) is 1. The predicted molar refractivity (Wildman–Crippen MR) is 64.3 cm³/mol. The van der Waals surface area contributed by atoms with E-state index in [0.717, 1.165) is 5.69 Å². The van der Waals surface area contributed by atoms with Crippen molar-refractivity contribution >= 4 is 22.4 Å². The largest absolute Gasteiger partial charge is 0.384 e. The molecule has 0 radical (unpaired) electrons.